The quantitative estimate of drug-likeness (QED) is 0.763. The van der Waals surface area contributed by atoms with Gasteiger partial charge in [0.25, 0.3) is 5.91 Å². The second kappa shape index (κ2) is 6.24. The molecule has 0 fully saturated rings. The van der Waals surface area contributed by atoms with Crippen LogP contribution in [0.15, 0.2) is 59.0 Å². The molecular formula is C18H16ClNO2. The Morgan fingerprint density at radius 3 is 2.73 bits per heavy atom. The topological polar surface area (TPSA) is 42.2 Å². The first-order valence-corrected chi connectivity index (χ1v) is 7.53. The zero-order valence-corrected chi connectivity index (χ0v) is 12.9. The molecule has 0 saturated heterocycles. The monoisotopic (exact) mass is 313 g/mol. The van der Waals surface area contributed by atoms with E-state index in [-0.39, 0.29) is 11.8 Å². The highest BCUT2D eigenvalue weighted by atomic mass is 35.5. The molecule has 0 aliphatic heterocycles. The van der Waals surface area contributed by atoms with Gasteiger partial charge in [0.15, 0.2) is 5.76 Å². The lowest BCUT2D eigenvalue weighted by molar-refractivity contribution is 0.0926. The zero-order valence-electron chi connectivity index (χ0n) is 12.2. The molecule has 0 bridgehead atoms. The van der Waals surface area contributed by atoms with Gasteiger partial charge in [-0.3, -0.25) is 4.79 Å². The Morgan fingerprint density at radius 1 is 1.18 bits per heavy atom. The summed E-state index contributed by atoms with van der Waals surface area (Å²) in [6, 6.07) is 17.1. The number of carbonyl (C=O) groups excluding carboxylic acids is 1. The highest BCUT2D eigenvalue weighted by Gasteiger charge is 2.14. The molecule has 1 atom stereocenters. The number of nitrogens with one attached hydrogen (secondary N) is 1. The molecule has 0 radical (unpaired) electrons. The molecule has 0 spiro atoms. The minimum absolute atomic E-state index is 0.213. The van der Waals surface area contributed by atoms with Crippen LogP contribution in [-0.2, 0) is 0 Å². The summed E-state index contributed by atoms with van der Waals surface area (Å²) in [6.07, 6.45) is 0. The van der Waals surface area contributed by atoms with Crippen LogP contribution in [0.3, 0.4) is 0 Å². The van der Waals surface area contributed by atoms with E-state index in [1.165, 1.54) is 5.56 Å². The molecule has 112 valence electrons. The number of hydrogen-bond donors (Lipinski definition) is 1. The van der Waals surface area contributed by atoms with Gasteiger partial charge in [0.05, 0.1) is 0 Å². The molecule has 3 rings (SSSR count). The van der Waals surface area contributed by atoms with Crippen LogP contribution in [-0.4, -0.2) is 12.5 Å². The van der Waals surface area contributed by atoms with Gasteiger partial charge in [-0.15, -0.1) is 0 Å². The summed E-state index contributed by atoms with van der Waals surface area (Å²) >= 11 is 5.94. The molecule has 1 amide bonds. The van der Waals surface area contributed by atoms with Gasteiger partial charge in [-0.2, -0.15) is 0 Å². The van der Waals surface area contributed by atoms with Crippen molar-refractivity contribution in [3.63, 3.8) is 0 Å². The lowest BCUT2D eigenvalue weighted by Crippen LogP contribution is -2.27. The van der Waals surface area contributed by atoms with Crippen LogP contribution < -0.4 is 5.32 Å². The molecule has 1 aromatic heterocycles. The van der Waals surface area contributed by atoms with Gasteiger partial charge in [0.1, 0.15) is 5.58 Å². The lowest BCUT2D eigenvalue weighted by Gasteiger charge is -2.12. The Bertz CT molecular complexity index is 795. The maximum absolute atomic E-state index is 12.2. The predicted octanol–water partition coefficient (Wildman–Crippen LogP) is 4.62. The maximum Gasteiger partial charge on any atom is 0.287 e. The summed E-state index contributed by atoms with van der Waals surface area (Å²) in [5.74, 6) is 0.330. The summed E-state index contributed by atoms with van der Waals surface area (Å²) in [5.41, 5.74) is 1.85. The molecule has 3 aromatic rings. The molecule has 2 aromatic carbocycles. The predicted molar refractivity (Wildman–Crippen MR) is 88.4 cm³/mol. The molecule has 0 unspecified atom stereocenters. The zero-order chi connectivity index (χ0) is 15.5. The maximum atomic E-state index is 12.2. The third-order valence-corrected chi connectivity index (χ3v) is 3.87. The van der Waals surface area contributed by atoms with Gasteiger partial charge in [0, 0.05) is 17.0 Å². The van der Waals surface area contributed by atoms with Crippen molar-refractivity contribution in [2.75, 3.05) is 6.54 Å². The third-order valence-electron chi connectivity index (χ3n) is 3.64. The molecule has 22 heavy (non-hydrogen) atoms. The van der Waals surface area contributed by atoms with E-state index in [9.17, 15) is 4.79 Å². The number of benzene rings is 2. The highest BCUT2D eigenvalue weighted by Crippen LogP contribution is 2.23. The van der Waals surface area contributed by atoms with Gasteiger partial charge in [-0.05, 0) is 35.7 Å². The molecule has 3 nitrogen and oxygen atoms in total. The highest BCUT2D eigenvalue weighted by molar-refractivity contribution is 6.31. The summed E-state index contributed by atoms with van der Waals surface area (Å²) < 4.78 is 5.55. The average Bonchev–Trinajstić information content (AvgIpc) is 2.96. The summed E-state index contributed by atoms with van der Waals surface area (Å²) in [7, 11) is 0. The van der Waals surface area contributed by atoms with Crippen LogP contribution >= 0.6 is 11.6 Å². The molecule has 1 heterocycles. The van der Waals surface area contributed by atoms with Crippen molar-refractivity contribution in [2.24, 2.45) is 0 Å². The van der Waals surface area contributed by atoms with E-state index in [0.29, 0.717) is 22.9 Å². The minimum atomic E-state index is -0.213. The van der Waals surface area contributed by atoms with Crippen molar-refractivity contribution in [3.8, 4) is 0 Å². The van der Waals surface area contributed by atoms with E-state index in [1.54, 1.807) is 24.3 Å². The average molecular weight is 314 g/mol. The number of hydrogen-bond acceptors (Lipinski definition) is 2. The first kappa shape index (κ1) is 14.7. The number of carbonyl (C=O) groups is 1. The Balaban J connectivity index is 1.68. The van der Waals surface area contributed by atoms with E-state index >= 15 is 0 Å². The molecule has 0 aliphatic carbocycles. The molecule has 0 saturated carbocycles. The van der Waals surface area contributed by atoms with Crippen molar-refractivity contribution in [1.82, 2.24) is 5.32 Å². The first-order chi connectivity index (χ1) is 10.6. The van der Waals surface area contributed by atoms with E-state index in [0.717, 1.165) is 5.39 Å². The van der Waals surface area contributed by atoms with E-state index in [2.05, 4.69) is 24.4 Å². The Hall–Kier alpha value is -2.26. The van der Waals surface area contributed by atoms with Crippen LogP contribution in [0.2, 0.25) is 5.02 Å². The standard InChI is InChI=1S/C18H16ClNO2/c1-12(13-5-3-2-4-6-13)11-20-18(21)17-10-14-9-15(19)7-8-16(14)22-17/h2-10,12H,11H2,1H3,(H,20,21)/t12-/m1/s1. The van der Waals surface area contributed by atoms with Gasteiger partial charge < -0.3 is 9.73 Å². The normalized spacial score (nSPS) is 12.3. The van der Waals surface area contributed by atoms with Gasteiger partial charge in [-0.1, -0.05) is 48.9 Å². The van der Waals surface area contributed by atoms with Gasteiger partial charge in [0.2, 0.25) is 0 Å². The first-order valence-electron chi connectivity index (χ1n) is 7.16. The summed E-state index contributed by atoms with van der Waals surface area (Å²) in [6.45, 7) is 2.63. The number of amides is 1. The van der Waals surface area contributed by atoms with Crippen molar-refractivity contribution < 1.29 is 9.21 Å². The second-order valence-corrected chi connectivity index (χ2v) is 5.75. The summed E-state index contributed by atoms with van der Waals surface area (Å²) in [4.78, 5) is 12.2. The fraction of sp³-hybridized carbons (Fsp3) is 0.167. The Kier molecular flexibility index (Phi) is 4.16. The fourth-order valence-electron chi connectivity index (χ4n) is 2.36. The fourth-order valence-corrected chi connectivity index (χ4v) is 2.54. The number of rotatable bonds is 4. The van der Waals surface area contributed by atoms with Crippen molar-refractivity contribution in [3.05, 3.63) is 70.9 Å². The van der Waals surface area contributed by atoms with Gasteiger partial charge >= 0.3 is 0 Å². The molecular weight excluding hydrogens is 298 g/mol. The van der Waals surface area contributed by atoms with E-state index in [1.807, 2.05) is 18.2 Å². The number of furan rings is 1. The van der Waals surface area contributed by atoms with Gasteiger partial charge in [-0.25, -0.2) is 0 Å². The van der Waals surface area contributed by atoms with Crippen molar-refractivity contribution >= 4 is 28.5 Å². The molecule has 4 heteroatoms. The third kappa shape index (κ3) is 3.15. The number of halogens is 1. The van der Waals surface area contributed by atoms with Crippen molar-refractivity contribution in [2.45, 2.75) is 12.8 Å². The van der Waals surface area contributed by atoms with Crippen LogP contribution in [0.25, 0.3) is 11.0 Å². The molecule has 0 aliphatic rings. The smallest absolute Gasteiger partial charge is 0.287 e. The van der Waals surface area contributed by atoms with E-state index < -0.39 is 0 Å². The number of fused-ring (bicyclic) bond motifs is 1. The Morgan fingerprint density at radius 2 is 1.95 bits per heavy atom. The SMILES string of the molecule is C[C@H](CNC(=O)c1cc2cc(Cl)ccc2o1)c1ccccc1. The Labute approximate surface area is 133 Å². The van der Waals surface area contributed by atoms with E-state index in [4.69, 9.17) is 16.0 Å². The van der Waals surface area contributed by atoms with Crippen LogP contribution in [0, 0.1) is 0 Å². The van der Waals surface area contributed by atoms with Crippen LogP contribution in [0.5, 0.6) is 0 Å². The molecule has 1 N–H and O–H groups in total. The van der Waals surface area contributed by atoms with Crippen LogP contribution in [0.1, 0.15) is 29.0 Å². The van der Waals surface area contributed by atoms with Crippen molar-refractivity contribution in [1.29, 1.82) is 0 Å². The second-order valence-electron chi connectivity index (χ2n) is 5.31. The largest absolute Gasteiger partial charge is 0.451 e. The summed E-state index contributed by atoms with van der Waals surface area (Å²) in [5, 5.41) is 4.36. The minimum Gasteiger partial charge on any atom is -0.451 e. The lowest BCUT2D eigenvalue weighted by atomic mass is 10.0. The van der Waals surface area contributed by atoms with Crippen LogP contribution in [0.4, 0.5) is 0 Å².